The van der Waals surface area contributed by atoms with Gasteiger partial charge in [-0.1, -0.05) is 45.2 Å². The SMILES string of the molecule is CCCC(CC)CC(=O)c1cc2ccc(-c3nccc(Nc4ccc5[nH]ncc5c4)n3)cc2[nH]1. The molecule has 0 aliphatic rings. The normalized spacial score (nSPS) is 12.3. The first kappa shape index (κ1) is 21.8. The first-order valence-corrected chi connectivity index (χ1v) is 11.8. The van der Waals surface area contributed by atoms with Crippen molar-refractivity contribution in [1.82, 2.24) is 25.1 Å². The van der Waals surface area contributed by atoms with Gasteiger partial charge in [-0.05, 0) is 42.3 Å². The minimum atomic E-state index is 0.176. The van der Waals surface area contributed by atoms with Gasteiger partial charge in [-0.15, -0.1) is 0 Å². The van der Waals surface area contributed by atoms with Crippen LogP contribution < -0.4 is 5.32 Å². The highest BCUT2D eigenvalue weighted by molar-refractivity contribution is 6.00. The highest BCUT2D eigenvalue weighted by atomic mass is 16.1. The lowest BCUT2D eigenvalue weighted by Crippen LogP contribution is -2.08. The second-order valence-electron chi connectivity index (χ2n) is 8.74. The third-order valence-corrected chi connectivity index (χ3v) is 6.30. The predicted molar refractivity (Wildman–Crippen MR) is 136 cm³/mol. The number of ketones is 1. The molecule has 5 rings (SSSR count). The van der Waals surface area contributed by atoms with E-state index in [9.17, 15) is 4.79 Å². The molecule has 5 aromatic rings. The molecular weight excluding hydrogens is 424 g/mol. The van der Waals surface area contributed by atoms with Gasteiger partial charge in [-0.3, -0.25) is 9.89 Å². The van der Waals surface area contributed by atoms with Crippen LogP contribution in [0.2, 0.25) is 0 Å². The molecule has 1 atom stereocenters. The van der Waals surface area contributed by atoms with Crippen LogP contribution in [0.25, 0.3) is 33.2 Å². The van der Waals surface area contributed by atoms with Crippen molar-refractivity contribution >= 4 is 39.1 Å². The zero-order valence-corrected chi connectivity index (χ0v) is 19.4. The van der Waals surface area contributed by atoms with E-state index in [1.54, 1.807) is 12.4 Å². The maximum absolute atomic E-state index is 12.8. The largest absolute Gasteiger partial charge is 0.352 e. The van der Waals surface area contributed by atoms with E-state index in [0.717, 1.165) is 52.3 Å². The van der Waals surface area contributed by atoms with Crippen LogP contribution in [0, 0.1) is 5.92 Å². The molecule has 3 heterocycles. The van der Waals surface area contributed by atoms with Gasteiger partial charge in [-0.25, -0.2) is 9.97 Å². The summed E-state index contributed by atoms with van der Waals surface area (Å²) in [5, 5.41) is 12.4. The number of benzene rings is 2. The van der Waals surface area contributed by atoms with Crippen molar-refractivity contribution in [2.45, 2.75) is 39.5 Å². The zero-order valence-electron chi connectivity index (χ0n) is 19.4. The summed E-state index contributed by atoms with van der Waals surface area (Å²) in [7, 11) is 0. The number of aromatic amines is 2. The van der Waals surface area contributed by atoms with E-state index in [-0.39, 0.29) is 5.78 Å². The van der Waals surface area contributed by atoms with Gasteiger partial charge in [0.05, 0.1) is 17.4 Å². The number of carbonyl (C=O) groups is 1. The Morgan fingerprint density at radius 3 is 2.79 bits per heavy atom. The molecule has 172 valence electrons. The Hall–Kier alpha value is -4.00. The van der Waals surface area contributed by atoms with E-state index < -0.39 is 0 Å². The van der Waals surface area contributed by atoms with Gasteiger partial charge in [0.15, 0.2) is 11.6 Å². The summed E-state index contributed by atoms with van der Waals surface area (Å²) in [5.74, 6) is 1.94. The molecule has 0 aliphatic heterocycles. The molecule has 0 saturated heterocycles. The van der Waals surface area contributed by atoms with Gasteiger partial charge in [0.25, 0.3) is 0 Å². The smallest absolute Gasteiger partial charge is 0.179 e. The number of nitrogens with zero attached hydrogens (tertiary/aromatic N) is 3. The molecule has 34 heavy (non-hydrogen) atoms. The third-order valence-electron chi connectivity index (χ3n) is 6.30. The van der Waals surface area contributed by atoms with E-state index >= 15 is 0 Å². The lowest BCUT2D eigenvalue weighted by atomic mass is 9.94. The topological polar surface area (TPSA) is 99.3 Å². The number of hydrogen-bond donors (Lipinski definition) is 3. The molecule has 2 aromatic carbocycles. The number of nitrogens with one attached hydrogen (secondary N) is 3. The maximum Gasteiger partial charge on any atom is 0.179 e. The molecule has 7 nitrogen and oxygen atoms in total. The Bertz CT molecular complexity index is 1450. The van der Waals surface area contributed by atoms with Crippen LogP contribution >= 0.6 is 0 Å². The number of Topliss-reactive ketones (excluding diaryl/α,β-unsaturated/α-hetero) is 1. The average Bonchev–Trinajstić information content (AvgIpc) is 3.50. The van der Waals surface area contributed by atoms with Crippen LogP contribution in [0.1, 0.15) is 50.0 Å². The number of aromatic nitrogens is 5. The number of rotatable bonds is 9. The van der Waals surface area contributed by atoms with Gasteiger partial charge in [0.2, 0.25) is 0 Å². The molecule has 0 aliphatic carbocycles. The molecular formula is C27H28N6O. The molecule has 3 N–H and O–H groups in total. The summed E-state index contributed by atoms with van der Waals surface area (Å²) in [5.41, 5.74) is 4.39. The zero-order chi connectivity index (χ0) is 23.5. The van der Waals surface area contributed by atoms with E-state index in [0.29, 0.717) is 29.7 Å². The minimum absolute atomic E-state index is 0.176. The Labute approximate surface area is 198 Å². The molecule has 0 spiro atoms. The molecule has 7 heteroatoms. The number of carbonyl (C=O) groups excluding carboxylic acids is 1. The fourth-order valence-electron chi connectivity index (χ4n) is 4.38. The molecule has 0 amide bonds. The Morgan fingerprint density at radius 2 is 1.94 bits per heavy atom. The number of anilines is 2. The van der Waals surface area contributed by atoms with Crippen molar-refractivity contribution in [2.24, 2.45) is 5.92 Å². The van der Waals surface area contributed by atoms with Gasteiger partial charge in [0.1, 0.15) is 5.82 Å². The molecule has 0 fully saturated rings. The summed E-state index contributed by atoms with van der Waals surface area (Å²) in [6.07, 6.45) is 7.35. The fraction of sp³-hybridized carbons (Fsp3) is 0.259. The standard InChI is InChI=1S/C27H28N6O/c1-3-5-17(4-2)12-25(34)24-14-18-6-7-19(15-23(18)31-24)27-28-11-10-26(32-27)30-21-8-9-22-20(13-21)16-29-33-22/h6-11,13-17,31H,3-5,12H2,1-2H3,(H,29,33)(H,28,30,32). The van der Waals surface area contributed by atoms with Gasteiger partial charge in [0, 0.05) is 40.2 Å². The van der Waals surface area contributed by atoms with Crippen molar-refractivity contribution in [2.75, 3.05) is 5.32 Å². The molecule has 0 saturated carbocycles. The lowest BCUT2D eigenvalue weighted by Gasteiger charge is -2.11. The molecule has 0 radical (unpaired) electrons. The molecule has 1 unspecified atom stereocenters. The highest BCUT2D eigenvalue weighted by Gasteiger charge is 2.16. The highest BCUT2D eigenvalue weighted by Crippen LogP contribution is 2.26. The first-order chi connectivity index (χ1) is 16.6. The van der Waals surface area contributed by atoms with E-state index in [1.165, 1.54) is 0 Å². The van der Waals surface area contributed by atoms with Crippen LogP contribution in [0.5, 0.6) is 0 Å². The van der Waals surface area contributed by atoms with Crippen LogP contribution in [0.3, 0.4) is 0 Å². The second-order valence-corrected chi connectivity index (χ2v) is 8.74. The average molecular weight is 453 g/mol. The monoisotopic (exact) mass is 452 g/mol. The van der Waals surface area contributed by atoms with Crippen molar-refractivity contribution in [3.05, 3.63) is 66.6 Å². The number of hydrogen-bond acceptors (Lipinski definition) is 5. The number of fused-ring (bicyclic) bond motifs is 2. The molecule has 3 aromatic heterocycles. The van der Waals surface area contributed by atoms with Crippen molar-refractivity contribution in [3.8, 4) is 11.4 Å². The van der Waals surface area contributed by atoms with Gasteiger partial charge < -0.3 is 10.3 Å². The summed E-state index contributed by atoms with van der Waals surface area (Å²) in [6, 6.07) is 15.8. The van der Waals surface area contributed by atoms with Gasteiger partial charge in [-0.2, -0.15) is 5.10 Å². The Balaban J connectivity index is 1.37. The van der Waals surface area contributed by atoms with Crippen molar-refractivity contribution < 1.29 is 4.79 Å². The summed E-state index contributed by atoms with van der Waals surface area (Å²) in [6.45, 7) is 4.33. The molecule has 0 bridgehead atoms. The second kappa shape index (κ2) is 9.47. The van der Waals surface area contributed by atoms with E-state index in [4.69, 9.17) is 4.98 Å². The van der Waals surface area contributed by atoms with Crippen molar-refractivity contribution in [1.29, 1.82) is 0 Å². The predicted octanol–water partition coefficient (Wildman–Crippen LogP) is 6.64. The maximum atomic E-state index is 12.8. The van der Waals surface area contributed by atoms with Gasteiger partial charge >= 0.3 is 0 Å². The quantitative estimate of drug-likeness (QED) is 0.218. The summed E-state index contributed by atoms with van der Waals surface area (Å²) >= 11 is 0. The Kier molecular flexibility index (Phi) is 6.08. The minimum Gasteiger partial charge on any atom is -0.352 e. The van der Waals surface area contributed by atoms with E-state index in [2.05, 4.69) is 39.3 Å². The summed E-state index contributed by atoms with van der Waals surface area (Å²) in [4.78, 5) is 25.3. The van der Waals surface area contributed by atoms with Crippen LogP contribution in [-0.4, -0.2) is 30.9 Å². The van der Waals surface area contributed by atoms with Crippen LogP contribution in [-0.2, 0) is 0 Å². The van der Waals surface area contributed by atoms with Crippen LogP contribution in [0.4, 0.5) is 11.5 Å². The first-order valence-electron chi connectivity index (χ1n) is 11.8. The number of H-pyrrole nitrogens is 2. The third kappa shape index (κ3) is 4.55. The van der Waals surface area contributed by atoms with Crippen molar-refractivity contribution in [3.63, 3.8) is 0 Å². The summed E-state index contributed by atoms with van der Waals surface area (Å²) < 4.78 is 0. The Morgan fingerprint density at radius 1 is 1.03 bits per heavy atom. The fourth-order valence-corrected chi connectivity index (χ4v) is 4.38. The van der Waals surface area contributed by atoms with E-state index in [1.807, 2.05) is 48.5 Å². The van der Waals surface area contributed by atoms with Crippen LogP contribution in [0.15, 0.2) is 60.9 Å². The lowest BCUT2D eigenvalue weighted by molar-refractivity contribution is 0.0953.